The predicted octanol–water partition coefficient (Wildman–Crippen LogP) is 2.86. The third kappa shape index (κ3) is 2.18. The normalized spacial score (nSPS) is 12.5. The van der Waals surface area contributed by atoms with Gasteiger partial charge in [-0.2, -0.15) is 5.10 Å². The molecule has 0 aliphatic carbocycles. The second kappa shape index (κ2) is 4.74. The molecule has 0 spiro atoms. The van der Waals surface area contributed by atoms with E-state index in [1.165, 1.54) is 0 Å². The maximum atomic E-state index is 10.3. The summed E-state index contributed by atoms with van der Waals surface area (Å²) in [5.74, 6) is 0.722. The number of aliphatic hydroxyl groups excluding tert-OH is 1. The van der Waals surface area contributed by atoms with Gasteiger partial charge in [0.15, 0.2) is 0 Å². The number of nitrogens with zero attached hydrogens (tertiary/aromatic N) is 2. The molecule has 3 aromatic rings. The van der Waals surface area contributed by atoms with E-state index in [0.29, 0.717) is 0 Å². The van der Waals surface area contributed by atoms with Gasteiger partial charge >= 0.3 is 0 Å². The highest BCUT2D eigenvalue weighted by atomic mass is 16.3. The van der Waals surface area contributed by atoms with Crippen molar-refractivity contribution in [3.63, 3.8) is 0 Å². The van der Waals surface area contributed by atoms with Crippen molar-refractivity contribution in [2.45, 2.75) is 13.0 Å². The molecule has 1 N–H and O–H groups in total. The largest absolute Gasteiger partial charge is 0.469 e. The van der Waals surface area contributed by atoms with Crippen LogP contribution in [0.5, 0.6) is 0 Å². The standard InChI is InChI=1S/C15H14N2O2/c1-11-14(7-8-19-11)15(18)12-9-16-17(10-12)13-5-3-2-4-6-13/h2-10,15,18H,1H3. The number of aliphatic hydroxyl groups is 1. The molecular formula is C15H14N2O2. The molecule has 96 valence electrons. The number of benzene rings is 1. The molecule has 1 aromatic carbocycles. The summed E-state index contributed by atoms with van der Waals surface area (Å²) in [7, 11) is 0. The van der Waals surface area contributed by atoms with Crippen LogP contribution in [0.2, 0.25) is 0 Å². The van der Waals surface area contributed by atoms with E-state index in [1.54, 1.807) is 23.2 Å². The van der Waals surface area contributed by atoms with Gasteiger partial charge in [-0.3, -0.25) is 0 Å². The first-order chi connectivity index (χ1) is 9.25. The highest BCUT2D eigenvalue weighted by Gasteiger charge is 2.16. The monoisotopic (exact) mass is 254 g/mol. The number of aryl methyl sites for hydroxylation is 1. The van der Waals surface area contributed by atoms with Crippen LogP contribution in [0.3, 0.4) is 0 Å². The molecule has 1 unspecified atom stereocenters. The number of para-hydroxylation sites is 1. The third-order valence-electron chi connectivity index (χ3n) is 3.13. The lowest BCUT2D eigenvalue weighted by Crippen LogP contribution is -1.98. The zero-order chi connectivity index (χ0) is 13.2. The lowest BCUT2D eigenvalue weighted by Gasteiger charge is -2.06. The van der Waals surface area contributed by atoms with Gasteiger partial charge < -0.3 is 9.52 Å². The van der Waals surface area contributed by atoms with E-state index in [4.69, 9.17) is 4.42 Å². The Balaban J connectivity index is 1.92. The molecule has 0 bridgehead atoms. The van der Waals surface area contributed by atoms with Gasteiger partial charge in [-0.05, 0) is 25.1 Å². The summed E-state index contributed by atoms with van der Waals surface area (Å²) in [5, 5.41) is 14.6. The summed E-state index contributed by atoms with van der Waals surface area (Å²) < 4.78 is 6.96. The van der Waals surface area contributed by atoms with E-state index < -0.39 is 6.10 Å². The summed E-state index contributed by atoms with van der Waals surface area (Å²) >= 11 is 0. The van der Waals surface area contributed by atoms with Crippen molar-refractivity contribution in [1.29, 1.82) is 0 Å². The molecule has 0 saturated heterocycles. The first-order valence-corrected chi connectivity index (χ1v) is 6.08. The third-order valence-corrected chi connectivity index (χ3v) is 3.13. The predicted molar refractivity (Wildman–Crippen MR) is 71.1 cm³/mol. The maximum absolute atomic E-state index is 10.3. The molecule has 19 heavy (non-hydrogen) atoms. The number of hydrogen-bond donors (Lipinski definition) is 1. The second-order valence-electron chi connectivity index (χ2n) is 4.39. The quantitative estimate of drug-likeness (QED) is 0.782. The fraction of sp³-hybridized carbons (Fsp3) is 0.133. The van der Waals surface area contributed by atoms with Gasteiger partial charge in [0.2, 0.25) is 0 Å². The van der Waals surface area contributed by atoms with Crippen LogP contribution in [0.1, 0.15) is 23.0 Å². The first kappa shape index (κ1) is 11.7. The second-order valence-corrected chi connectivity index (χ2v) is 4.39. The fourth-order valence-electron chi connectivity index (χ4n) is 2.06. The van der Waals surface area contributed by atoms with Crippen molar-refractivity contribution in [3.05, 3.63) is 71.9 Å². The average molecular weight is 254 g/mol. The van der Waals surface area contributed by atoms with E-state index in [9.17, 15) is 5.11 Å². The molecule has 0 aliphatic rings. The Bertz CT molecular complexity index is 670. The van der Waals surface area contributed by atoms with Gasteiger partial charge in [0, 0.05) is 17.3 Å². The molecule has 2 heterocycles. The van der Waals surface area contributed by atoms with Gasteiger partial charge in [-0.1, -0.05) is 18.2 Å². The summed E-state index contributed by atoms with van der Waals surface area (Å²) in [5.41, 5.74) is 2.48. The highest BCUT2D eigenvalue weighted by Crippen LogP contribution is 2.25. The topological polar surface area (TPSA) is 51.2 Å². The fourth-order valence-corrected chi connectivity index (χ4v) is 2.06. The maximum Gasteiger partial charge on any atom is 0.110 e. The van der Waals surface area contributed by atoms with E-state index in [0.717, 1.165) is 22.6 Å². The van der Waals surface area contributed by atoms with Crippen LogP contribution in [-0.4, -0.2) is 14.9 Å². The molecule has 2 aromatic heterocycles. The Hall–Kier alpha value is -2.33. The molecule has 0 aliphatic heterocycles. The Morgan fingerprint density at radius 2 is 2.00 bits per heavy atom. The van der Waals surface area contributed by atoms with Gasteiger partial charge in [-0.15, -0.1) is 0 Å². The zero-order valence-corrected chi connectivity index (χ0v) is 10.5. The summed E-state index contributed by atoms with van der Waals surface area (Å²) in [4.78, 5) is 0. The summed E-state index contributed by atoms with van der Waals surface area (Å²) in [6.07, 6.45) is 4.36. The number of aromatic nitrogens is 2. The van der Waals surface area contributed by atoms with Crippen LogP contribution in [0.25, 0.3) is 5.69 Å². The molecule has 3 rings (SSSR count). The van der Waals surface area contributed by atoms with Crippen molar-refractivity contribution < 1.29 is 9.52 Å². The smallest absolute Gasteiger partial charge is 0.110 e. The van der Waals surface area contributed by atoms with Crippen LogP contribution in [0, 0.1) is 6.92 Å². The van der Waals surface area contributed by atoms with Gasteiger partial charge in [0.25, 0.3) is 0 Å². The van der Waals surface area contributed by atoms with Gasteiger partial charge in [0.05, 0.1) is 18.1 Å². The molecular weight excluding hydrogens is 240 g/mol. The SMILES string of the molecule is Cc1occc1C(O)c1cnn(-c2ccccc2)c1. The lowest BCUT2D eigenvalue weighted by atomic mass is 10.1. The van der Waals surface area contributed by atoms with E-state index in [-0.39, 0.29) is 0 Å². The minimum absolute atomic E-state index is 0.712. The Kier molecular flexibility index (Phi) is 2.93. The Morgan fingerprint density at radius 1 is 1.21 bits per heavy atom. The van der Waals surface area contributed by atoms with E-state index in [1.807, 2.05) is 43.5 Å². The lowest BCUT2D eigenvalue weighted by molar-refractivity contribution is 0.218. The van der Waals surface area contributed by atoms with Gasteiger partial charge in [0.1, 0.15) is 11.9 Å². The summed E-state index contributed by atoms with van der Waals surface area (Å²) in [6.45, 7) is 1.83. The van der Waals surface area contributed by atoms with Crippen molar-refractivity contribution in [2.75, 3.05) is 0 Å². The Labute approximate surface area is 110 Å². The zero-order valence-electron chi connectivity index (χ0n) is 10.5. The van der Waals surface area contributed by atoms with Crippen molar-refractivity contribution in [2.24, 2.45) is 0 Å². The molecule has 4 nitrogen and oxygen atoms in total. The minimum Gasteiger partial charge on any atom is -0.469 e. The number of furan rings is 1. The molecule has 0 amide bonds. The van der Waals surface area contributed by atoms with Crippen LogP contribution in [0.4, 0.5) is 0 Å². The van der Waals surface area contributed by atoms with Gasteiger partial charge in [-0.25, -0.2) is 4.68 Å². The average Bonchev–Trinajstić information content (AvgIpc) is 3.08. The molecule has 1 atom stereocenters. The number of hydrogen-bond acceptors (Lipinski definition) is 3. The van der Waals surface area contributed by atoms with Crippen molar-refractivity contribution >= 4 is 0 Å². The number of rotatable bonds is 3. The van der Waals surface area contributed by atoms with E-state index >= 15 is 0 Å². The van der Waals surface area contributed by atoms with Crippen molar-refractivity contribution in [3.8, 4) is 5.69 Å². The molecule has 4 heteroatoms. The summed E-state index contributed by atoms with van der Waals surface area (Å²) in [6, 6.07) is 11.6. The minimum atomic E-state index is -0.712. The molecule has 0 radical (unpaired) electrons. The first-order valence-electron chi connectivity index (χ1n) is 6.08. The van der Waals surface area contributed by atoms with E-state index in [2.05, 4.69) is 5.10 Å². The molecule has 0 fully saturated rings. The van der Waals surface area contributed by atoms with Crippen molar-refractivity contribution in [1.82, 2.24) is 9.78 Å². The molecule has 0 saturated carbocycles. The highest BCUT2D eigenvalue weighted by molar-refractivity contribution is 5.33. The van der Waals surface area contributed by atoms with Crippen LogP contribution in [-0.2, 0) is 0 Å². The Morgan fingerprint density at radius 3 is 2.68 bits per heavy atom. The van der Waals surface area contributed by atoms with Crippen LogP contribution in [0.15, 0.2) is 59.5 Å². The van der Waals surface area contributed by atoms with Crippen LogP contribution < -0.4 is 0 Å². The van der Waals surface area contributed by atoms with Crippen LogP contribution >= 0.6 is 0 Å².